The molecule has 9 heavy (non-hydrogen) atoms. The Balaban J connectivity index is 0.000000640. The van der Waals surface area contributed by atoms with Gasteiger partial charge in [0.25, 0.3) is 0 Å². The lowest BCUT2D eigenvalue weighted by Crippen LogP contribution is -3.00. The molecule has 1 rings (SSSR count). The molecule has 0 unspecified atom stereocenters. The molecule has 2 heteroatoms. The SMILES string of the molecule is O=CC=C1C=CC=C1.[F-]. The first-order chi connectivity index (χ1) is 3.93. The molecule has 0 N–H and O–H groups in total. The standard InChI is InChI=1S/C7H6O.FH/c8-6-5-7-3-1-2-4-7;/h1-6H;1H/p-1. The van der Waals surface area contributed by atoms with Crippen molar-refractivity contribution >= 4 is 6.29 Å². The summed E-state index contributed by atoms with van der Waals surface area (Å²) in [5, 5.41) is 0. The van der Waals surface area contributed by atoms with Crippen LogP contribution < -0.4 is 4.70 Å². The van der Waals surface area contributed by atoms with E-state index in [-0.39, 0.29) is 4.70 Å². The minimum atomic E-state index is 0. The van der Waals surface area contributed by atoms with Crippen LogP contribution in [0.5, 0.6) is 0 Å². The van der Waals surface area contributed by atoms with Crippen LogP contribution in [-0.2, 0) is 4.79 Å². The largest absolute Gasteiger partial charge is 1.00 e. The molecule has 0 aromatic heterocycles. The summed E-state index contributed by atoms with van der Waals surface area (Å²) in [5.74, 6) is 0. The average Bonchev–Trinajstić information content (AvgIpc) is 2.19. The smallest absolute Gasteiger partial charge is 0.143 e. The van der Waals surface area contributed by atoms with Crippen LogP contribution in [0.25, 0.3) is 0 Å². The Labute approximate surface area is 52.7 Å². The van der Waals surface area contributed by atoms with Gasteiger partial charge < -0.3 is 4.70 Å². The van der Waals surface area contributed by atoms with Crippen molar-refractivity contribution in [1.29, 1.82) is 0 Å². The Morgan fingerprint density at radius 1 is 1.22 bits per heavy atom. The number of allylic oxidation sites excluding steroid dienone is 6. The highest BCUT2D eigenvalue weighted by Crippen LogP contribution is 2.04. The van der Waals surface area contributed by atoms with Crippen LogP contribution in [0, 0.1) is 0 Å². The highest BCUT2D eigenvalue weighted by atomic mass is 19.0. The highest BCUT2D eigenvalue weighted by molar-refractivity contribution is 5.69. The van der Waals surface area contributed by atoms with Gasteiger partial charge in [0.2, 0.25) is 0 Å². The molecular formula is C7H6FO-. The predicted octanol–water partition coefficient (Wildman–Crippen LogP) is -1.76. The van der Waals surface area contributed by atoms with E-state index < -0.39 is 0 Å². The molecule has 0 atom stereocenters. The third-order valence-corrected chi connectivity index (χ3v) is 0.949. The molecule has 0 fully saturated rings. The molecular weight excluding hydrogens is 119 g/mol. The molecule has 48 valence electrons. The molecule has 0 radical (unpaired) electrons. The van der Waals surface area contributed by atoms with Crippen LogP contribution >= 0.6 is 0 Å². The van der Waals surface area contributed by atoms with E-state index in [4.69, 9.17) is 0 Å². The third-order valence-electron chi connectivity index (χ3n) is 0.949. The van der Waals surface area contributed by atoms with Crippen LogP contribution in [0.15, 0.2) is 36.0 Å². The van der Waals surface area contributed by atoms with E-state index >= 15 is 0 Å². The van der Waals surface area contributed by atoms with E-state index in [9.17, 15) is 4.79 Å². The Morgan fingerprint density at radius 3 is 2.22 bits per heavy atom. The second-order valence-corrected chi connectivity index (χ2v) is 1.52. The van der Waals surface area contributed by atoms with E-state index in [0.29, 0.717) is 0 Å². The molecule has 0 heterocycles. The van der Waals surface area contributed by atoms with E-state index in [1.165, 1.54) is 6.08 Å². The first-order valence-corrected chi connectivity index (χ1v) is 2.44. The van der Waals surface area contributed by atoms with Gasteiger partial charge in [-0.05, 0) is 11.6 Å². The zero-order chi connectivity index (χ0) is 5.82. The van der Waals surface area contributed by atoms with E-state index in [1.54, 1.807) is 0 Å². The number of carbonyl (C=O) groups is 1. The van der Waals surface area contributed by atoms with Gasteiger partial charge in [0.05, 0.1) is 0 Å². The second-order valence-electron chi connectivity index (χ2n) is 1.52. The number of hydrogen-bond acceptors (Lipinski definition) is 1. The van der Waals surface area contributed by atoms with Gasteiger partial charge in [-0.2, -0.15) is 0 Å². The number of aldehydes is 1. The summed E-state index contributed by atoms with van der Waals surface area (Å²) in [6.45, 7) is 0. The van der Waals surface area contributed by atoms with E-state index in [0.717, 1.165) is 11.9 Å². The zero-order valence-electron chi connectivity index (χ0n) is 4.75. The van der Waals surface area contributed by atoms with Gasteiger partial charge in [0.1, 0.15) is 6.29 Å². The van der Waals surface area contributed by atoms with Gasteiger partial charge in [-0.25, -0.2) is 0 Å². The quantitative estimate of drug-likeness (QED) is 0.300. The summed E-state index contributed by atoms with van der Waals surface area (Å²) in [7, 11) is 0. The van der Waals surface area contributed by atoms with Crippen molar-refractivity contribution in [3.63, 3.8) is 0 Å². The minimum Gasteiger partial charge on any atom is -1.00 e. The Bertz CT molecular complexity index is 163. The molecule has 0 bridgehead atoms. The molecule has 0 aromatic carbocycles. The summed E-state index contributed by atoms with van der Waals surface area (Å²) in [6, 6.07) is 0. The maximum absolute atomic E-state index is 9.82. The summed E-state index contributed by atoms with van der Waals surface area (Å²) >= 11 is 0. The molecule has 0 aliphatic heterocycles. The van der Waals surface area contributed by atoms with Gasteiger partial charge in [-0.1, -0.05) is 24.3 Å². The van der Waals surface area contributed by atoms with Crippen LogP contribution in [0.1, 0.15) is 0 Å². The van der Waals surface area contributed by atoms with Crippen LogP contribution in [0.2, 0.25) is 0 Å². The number of hydrogen-bond donors (Lipinski definition) is 0. The lowest BCUT2D eigenvalue weighted by atomic mass is 10.3. The summed E-state index contributed by atoms with van der Waals surface area (Å²) in [4.78, 5) is 9.82. The lowest BCUT2D eigenvalue weighted by molar-refractivity contribution is -0.104. The van der Waals surface area contributed by atoms with Gasteiger partial charge in [-0.15, -0.1) is 0 Å². The molecule has 1 aliphatic rings. The van der Waals surface area contributed by atoms with Gasteiger partial charge >= 0.3 is 0 Å². The first-order valence-electron chi connectivity index (χ1n) is 2.44. The predicted molar refractivity (Wildman–Crippen MR) is 32.4 cm³/mol. The van der Waals surface area contributed by atoms with Crippen molar-refractivity contribution in [1.82, 2.24) is 0 Å². The monoisotopic (exact) mass is 125 g/mol. The summed E-state index contributed by atoms with van der Waals surface area (Å²) in [6.07, 6.45) is 9.88. The Kier molecular flexibility index (Phi) is 3.28. The normalized spacial score (nSPS) is 13.1. The molecule has 0 aromatic rings. The van der Waals surface area contributed by atoms with Gasteiger partial charge in [0.15, 0.2) is 0 Å². The van der Waals surface area contributed by atoms with Crippen molar-refractivity contribution in [2.75, 3.05) is 0 Å². The van der Waals surface area contributed by atoms with Crippen molar-refractivity contribution in [2.45, 2.75) is 0 Å². The van der Waals surface area contributed by atoms with Crippen LogP contribution in [0.4, 0.5) is 0 Å². The molecule has 0 spiro atoms. The second kappa shape index (κ2) is 3.78. The third kappa shape index (κ3) is 2.04. The topological polar surface area (TPSA) is 17.1 Å². The summed E-state index contributed by atoms with van der Waals surface area (Å²) in [5.41, 5.74) is 0.972. The maximum Gasteiger partial charge on any atom is 0.143 e. The summed E-state index contributed by atoms with van der Waals surface area (Å²) < 4.78 is 0. The van der Waals surface area contributed by atoms with Crippen LogP contribution in [0.3, 0.4) is 0 Å². The maximum atomic E-state index is 9.82. The molecule has 1 aliphatic carbocycles. The fourth-order valence-electron chi connectivity index (χ4n) is 0.579. The van der Waals surface area contributed by atoms with Gasteiger partial charge in [-0.3, -0.25) is 4.79 Å². The molecule has 0 saturated carbocycles. The van der Waals surface area contributed by atoms with Crippen molar-refractivity contribution in [3.8, 4) is 0 Å². The van der Waals surface area contributed by atoms with Crippen LogP contribution in [-0.4, -0.2) is 6.29 Å². The van der Waals surface area contributed by atoms with Crippen molar-refractivity contribution in [3.05, 3.63) is 36.0 Å². The fraction of sp³-hybridized carbons (Fsp3) is 0. The molecule has 0 saturated heterocycles. The number of rotatable bonds is 1. The number of halogens is 1. The highest BCUT2D eigenvalue weighted by Gasteiger charge is 1.86. The Hall–Kier alpha value is -1.18. The van der Waals surface area contributed by atoms with Crippen molar-refractivity contribution in [2.24, 2.45) is 0 Å². The average molecular weight is 125 g/mol. The van der Waals surface area contributed by atoms with Gasteiger partial charge in [0, 0.05) is 0 Å². The van der Waals surface area contributed by atoms with E-state index in [1.807, 2.05) is 24.3 Å². The minimum absolute atomic E-state index is 0. The Morgan fingerprint density at radius 2 is 1.78 bits per heavy atom. The molecule has 0 amide bonds. The molecule has 1 nitrogen and oxygen atoms in total. The first kappa shape index (κ1) is 7.82. The fourth-order valence-corrected chi connectivity index (χ4v) is 0.579. The lowest BCUT2D eigenvalue weighted by Gasteiger charge is -1.77. The number of carbonyl (C=O) groups excluding carboxylic acids is 1. The van der Waals surface area contributed by atoms with E-state index in [2.05, 4.69) is 0 Å². The van der Waals surface area contributed by atoms with Crippen molar-refractivity contribution < 1.29 is 9.50 Å². The zero-order valence-corrected chi connectivity index (χ0v) is 4.75.